The van der Waals surface area contributed by atoms with Crippen LogP contribution >= 0.6 is 0 Å². The molecule has 0 aromatic heterocycles. The molecule has 1 heterocycles. The molecule has 1 amide bonds. The average molecular weight is 575 g/mol. The summed E-state index contributed by atoms with van der Waals surface area (Å²) in [7, 11) is 0. The molecule has 0 aliphatic carbocycles. The van der Waals surface area contributed by atoms with Crippen molar-refractivity contribution < 1.29 is 42.4 Å². The number of aliphatic hydroxyl groups excluding tert-OH is 1. The Hall–Kier alpha value is -4.72. The van der Waals surface area contributed by atoms with Gasteiger partial charge in [0.1, 0.15) is 34.5 Å². The first-order valence-corrected chi connectivity index (χ1v) is 12.1. The van der Waals surface area contributed by atoms with Crippen LogP contribution in [-0.4, -0.2) is 38.9 Å². The Labute approximate surface area is 231 Å². The van der Waals surface area contributed by atoms with Crippen molar-refractivity contribution >= 4 is 23.0 Å². The Kier molecular flexibility index (Phi) is 7.39. The molecule has 41 heavy (non-hydrogen) atoms. The molecule has 0 saturated heterocycles. The van der Waals surface area contributed by atoms with Crippen LogP contribution in [0.5, 0.6) is 11.5 Å². The lowest BCUT2D eigenvalue weighted by Crippen LogP contribution is -2.55. The number of fused-ring (bicyclic) bond motifs is 1. The molecule has 3 aromatic carbocycles. The number of ether oxygens (including phenoxy) is 2. The van der Waals surface area contributed by atoms with Crippen LogP contribution in [0.15, 0.2) is 54.6 Å². The lowest BCUT2D eigenvalue weighted by atomic mass is 9.84. The number of carbonyl (C=O) groups excluding carboxylic acids is 1. The maximum absolute atomic E-state index is 14.3. The monoisotopic (exact) mass is 575 g/mol. The van der Waals surface area contributed by atoms with E-state index in [0.29, 0.717) is 11.1 Å². The van der Waals surface area contributed by atoms with Crippen molar-refractivity contribution in [1.29, 1.82) is 0 Å². The van der Waals surface area contributed by atoms with E-state index in [2.05, 4.69) is 4.74 Å². The Morgan fingerprint density at radius 1 is 0.976 bits per heavy atom. The molecule has 2 atom stereocenters. The van der Waals surface area contributed by atoms with Gasteiger partial charge in [0, 0.05) is 17.7 Å². The molecule has 3 aromatic rings. The Balaban J connectivity index is 2.07. The highest BCUT2D eigenvalue weighted by Gasteiger charge is 2.49. The number of halogens is 3. The lowest BCUT2D eigenvalue weighted by Gasteiger charge is -2.46. The van der Waals surface area contributed by atoms with Gasteiger partial charge in [-0.3, -0.25) is 29.9 Å². The molecular formula is C27H24F3N3O8. The number of carbonyl (C=O) groups is 1. The summed E-state index contributed by atoms with van der Waals surface area (Å²) in [6.07, 6.45) is -6.77. The number of hydrogen-bond acceptors (Lipinski definition) is 8. The number of nitrogens with zero attached hydrogens (tertiary/aromatic N) is 3. The van der Waals surface area contributed by atoms with E-state index in [0.717, 1.165) is 35.2 Å². The van der Waals surface area contributed by atoms with Crippen LogP contribution in [-0.2, 0) is 0 Å². The highest BCUT2D eigenvalue weighted by Crippen LogP contribution is 2.48. The number of anilines is 1. The standard InChI is InChI=1S/C27H24F3N3O8/c1-14-5-8-19(32(36)37)17(11-14)25(35)31(21-12-15(2)6-9-20(21)33(38)39)23-18-13-16(40-27(28,29)30)7-10-22(18)41-26(3,4)24(23)34/h5-13,23-24,34H,1-4H3/t23-,24+/m1/s1. The third-order valence-corrected chi connectivity index (χ3v) is 6.58. The Bertz CT molecular complexity index is 1560. The molecule has 0 saturated carbocycles. The first-order valence-electron chi connectivity index (χ1n) is 12.1. The molecule has 4 rings (SSSR count). The van der Waals surface area contributed by atoms with Gasteiger partial charge in [0.25, 0.3) is 17.3 Å². The van der Waals surface area contributed by atoms with Gasteiger partial charge >= 0.3 is 6.36 Å². The summed E-state index contributed by atoms with van der Waals surface area (Å²) in [5.41, 5.74) is -2.73. The van der Waals surface area contributed by atoms with E-state index in [1.807, 2.05) is 0 Å². The van der Waals surface area contributed by atoms with Gasteiger partial charge in [-0.15, -0.1) is 13.2 Å². The van der Waals surface area contributed by atoms with E-state index in [9.17, 15) is 43.3 Å². The molecule has 1 aliphatic heterocycles. The van der Waals surface area contributed by atoms with Gasteiger partial charge in [-0.05, 0) is 69.2 Å². The molecule has 0 unspecified atom stereocenters. The van der Waals surface area contributed by atoms with E-state index in [-0.39, 0.29) is 17.0 Å². The lowest BCUT2D eigenvalue weighted by molar-refractivity contribution is -0.385. The van der Waals surface area contributed by atoms with Crippen LogP contribution < -0.4 is 14.4 Å². The van der Waals surface area contributed by atoms with Gasteiger partial charge < -0.3 is 14.6 Å². The molecule has 1 aliphatic rings. The second-order valence-electron chi connectivity index (χ2n) is 10.0. The van der Waals surface area contributed by atoms with Crippen molar-refractivity contribution in [3.8, 4) is 11.5 Å². The Morgan fingerprint density at radius 2 is 1.56 bits per heavy atom. The van der Waals surface area contributed by atoms with Crippen LogP contribution in [0.25, 0.3) is 0 Å². The maximum Gasteiger partial charge on any atom is 0.573 e. The van der Waals surface area contributed by atoms with Crippen LogP contribution in [0.1, 0.15) is 46.9 Å². The van der Waals surface area contributed by atoms with E-state index < -0.39 is 62.6 Å². The predicted octanol–water partition coefficient (Wildman–Crippen LogP) is 5.94. The maximum atomic E-state index is 14.3. The minimum atomic E-state index is -5.08. The summed E-state index contributed by atoms with van der Waals surface area (Å²) in [4.78, 5) is 37.5. The molecule has 0 spiro atoms. The third kappa shape index (κ3) is 5.77. The predicted molar refractivity (Wildman–Crippen MR) is 139 cm³/mol. The highest BCUT2D eigenvalue weighted by atomic mass is 19.4. The van der Waals surface area contributed by atoms with Crippen molar-refractivity contribution in [1.82, 2.24) is 0 Å². The fraction of sp³-hybridized carbons (Fsp3) is 0.296. The van der Waals surface area contributed by atoms with E-state index >= 15 is 0 Å². The fourth-order valence-corrected chi connectivity index (χ4v) is 4.70. The summed E-state index contributed by atoms with van der Waals surface area (Å²) in [5.74, 6) is -1.85. The number of alkyl halides is 3. The number of rotatable bonds is 6. The topological polar surface area (TPSA) is 145 Å². The summed E-state index contributed by atoms with van der Waals surface area (Å²) < 4.78 is 49.1. The molecule has 1 N–H and O–H groups in total. The molecule has 0 fully saturated rings. The number of aryl methyl sites for hydroxylation is 2. The SMILES string of the molecule is Cc1ccc([N+](=O)[O-])c(C(=O)N(c2cc(C)ccc2[N+](=O)[O-])[C@@H]2c3cc(OC(F)(F)F)ccc3OC(C)(C)[C@H]2O)c1. The summed E-state index contributed by atoms with van der Waals surface area (Å²) >= 11 is 0. The first kappa shape index (κ1) is 29.3. The Morgan fingerprint density at radius 3 is 2.15 bits per heavy atom. The highest BCUT2D eigenvalue weighted by molar-refractivity contribution is 6.10. The van der Waals surface area contributed by atoms with Crippen molar-refractivity contribution in [3.63, 3.8) is 0 Å². The van der Waals surface area contributed by atoms with E-state index in [1.54, 1.807) is 13.8 Å². The number of aliphatic hydroxyl groups is 1. The van der Waals surface area contributed by atoms with Crippen LogP contribution in [0.3, 0.4) is 0 Å². The zero-order chi connectivity index (χ0) is 30.4. The van der Waals surface area contributed by atoms with Gasteiger partial charge in [0.05, 0.1) is 15.9 Å². The second-order valence-corrected chi connectivity index (χ2v) is 10.0. The van der Waals surface area contributed by atoms with Crippen molar-refractivity contribution in [2.75, 3.05) is 4.90 Å². The average Bonchev–Trinajstić information content (AvgIpc) is 2.85. The van der Waals surface area contributed by atoms with Gasteiger partial charge in [-0.25, -0.2) is 0 Å². The first-order chi connectivity index (χ1) is 19.0. The number of hydrogen-bond donors (Lipinski definition) is 1. The van der Waals surface area contributed by atoms with E-state index in [4.69, 9.17) is 4.74 Å². The van der Waals surface area contributed by atoms with Crippen molar-refractivity contribution in [2.45, 2.75) is 51.8 Å². The molecule has 0 bridgehead atoms. The summed E-state index contributed by atoms with van der Waals surface area (Å²) in [6.45, 7) is 6.06. The smallest absolute Gasteiger partial charge is 0.485 e. The molecule has 11 nitrogen and oxygen atoms in total. The number of benzene rings is 3. The summed E-state index contributed by atoms with van der Waals surface area (Å²) in [5, 5.41) is 35.5. The van der Waals surface area contributed by atoms with Gasteiger partial charge in [-0.1, -0.05) is 12.1 Å². The molecule has 14 heteroatoms. The van der Waals surface area contributed by atoms with Crippen molar-refractivity contribution in [3.05, 3.63) is 97.1 Å². The summed E-state index contributed by atoms with van der Waals surface area (Å²) in [6, 6.07) is 8.94. The number of nitro groups is 2. The number of amides is 1. The van der Waals surface area contributed by atoms with Crippen molar-refractivity contribution in [2.24, 2.45) is 0 Å². The third-order valence-electron chi connectivity index (χ3n) is 6.58. The molecule has 0 radical (unpaired) electrons. The van der Waals surface area contributed by atoms with E-state index in [1.165, 1.54) is 38.1 Å². The fourth-order valence-electron chi connectivity index (χ4n) is 4.70. The normalized spacial score (nSPS) is 17.7. The largest absolute Gasteiger partial charge is 0.573 e. The van der Waals surface area contributed by atoms with Gasteiger partial charge in [0.15, 0.2) is 0 Å². The van der Waals surface area contributed by atoms with Crippen LogP contribution in [0.4, 0.5) is 30.2 Å². The van der Waals surface area contributed by atoms with Gasteiger partial charge in [0.2, 0.25) is 0 Å². The quantitative estimate of drug-likeness (QED) is 0.281. The second kappa shape index (κ2) is 10.4. The van der Waals surface area contributed by atoms with Crippen LogP contribution in [0.2, 0.25) is 0 Å². The molecular weight excluding hydrogens is 551 g/mol. The minimum absolute atomic E-state index is 0.0355. The minimum Gasteiger partial charge on any atom is -0.485 e. The zero-order valence-electron chi connectivity index (χ0n) is 22.1. The van der Waals surface area contributed by atoms with Crippen LogP contribution in [0, 0.1) is 34.1 Å². The van der Waals surface area contributed by atoms with Gasteiger partial charge in [-0.2, -0.15) is 0 Å². The zero-order valence-corrected chi connectivity index (χ0v) is 22.1. The molecule has 216 valence electrons. The number of nitro benzene ring substituents is 2.